The van der Waals surface area contributed by atoms with Crippen molar-refractivity contribution in [3.8, 4) is 0 Å². The first-order valence-corrected chi connectivity index (χ1v) is 7.17. The number of anilines is 1. The molecule has 0 bridgehead atoms. The van der Waals surface area contributed by atoms with Crippen molar-refractivity contribution in [1.29, 1.82) is 0 Å². The topological polar surface area (TPSA) is 52.0 Å². The van der Waals surface area contributed by atoms with Crippen LogP contribution in [0.4, 0.5) is 5.13 Å². The van der Waals surface area contributed by atoms with Crippen molar-refractivity contribution in [3.63, 3.8) is 0 Å². The Labute approximate surface area is 110 Å². The molecular formula is C12H18N4OS. The molecule has 3 heterocycles. The van der Waals surface area contributed by atoms with Crippen LogP contribution in [0.2, 0.25) is 0 Å². The second-order valence-corrected chi connectivity index (χ2v) is 5.84. The summed E-state index contributed by atoms with van der Waals surface area (Å²) in [5, 5.41) is 8.78. The van der Waals surface area contributed by atoms with Crippen molar-refractivity contribution >= 4 is 26.8 Å². The molecule has 0 aromatic carbocycles. The molecule has 1 aliphatic rings. The number of hydrogen-bond acceptors (Lipinski definition) is 5. The first-order chi connectivity index (χ1) is 8.74. The normalized spacial score (nSPS) is 20.4. The third kappa shape index (κ3) is 2.22. The highest BCUT2D eigenvalue weighted by Gasteiger charge is 2.15. The van der Waals surface area contributed by atoms with E-state index in [9.17, 15) is 0 Å². The van der Waals surface area contributed by atoms with E-state index >= 15 is 0 Å². The number of aromatic nitrogens is 3. The molecule has 0 aliphatic carbocycles. The van der Waals surface area contributed by atoms with Gasteiger partial charge in [0.1, 0.15) is 0 Å². The van der Waals surface area contributed by atoms with E-state index < -0.39 is 0 Å². The molecule has 1 atom stereocenters. The van der Waals surface area contributed by atoms with E-state index in [1.807, 2.05) is 18.7 Å². The highest BCUT2D eigenvalue weighted by molar-refractivity contribution is 7.22. The van der Waals surface area contributed by atoms with Gasteiger partial charge in [-0.1, -0.05) is 11.3 Å². The molecule has 5 nitrogen and oxygen atoms in total. The molecule has 2 aromatic heterocycles. The number of thiazole rings is 1. The Morgan fingerprint density at radius 3 is 3.17 bits per heavy atom. The minimum absolute atomic E-state index is 0.616. The Balaban J connectivity index is 1.69. The van der Waals surface area contributed by atoms with Crippen LogP contribution in [0.3, 0.4) is 0 Å². The summed E-state index contributed by atoms with van der Waals surface area (Å²) < 4.78 is 8.51. The number of nitrogens with one attached hydrogen (secondary N) is 1. The molecule has 0 radical (unpaired) electrons. The molecule has 18 heavy (non-hydrogen) atoms. The van der Waals surface area contributed by atoms with Crippen LogP contribution in [0.15, 0.2) is 0 Å². The smallest absolute Gasteiger partial charge is 0.185 e. The minimum atomic E-state index is 0.616. The van der Waals surface area contributed by atoms with Crippen LogP contribution in [0.1, 0.15) is 18.5 Å². The fraction of sp³-hybridized carbons (Fsp3) is 0.667. The zero-order valence-electron chi connectivity index (χ0n) is 10.8. The van der Waals surface area contributed by atoms with E-state index in [2.05, 4.69) is 15.4 Å². The summed E-state index contributed by atoms with van der Waals surface area (Å²) in [4.78, 5) is 4.58. The third-order valence-corrected chi connectivity index (χ3v) is 4.45. The lowest BCUT2D eigenvalue weighted by molar-refractivity contribution is 0.0595. The maximum absolute atomic E-state index is 5.48. The van der Waals surface area contributed by atoms with Gasteiger partial charge in [-0.25, -0.2) is 9.67 Å². The molecule has 1 fully saturated rings. The molecule has 1 saturated heterocycles. The molecule has 1 aliphatic heterocycles. The second-order valence-electron chi connectivity index (χ2n) is 4.84. The Morgan fingerprint density at radius 2 is 2.44 bits per heavy atom. The maximum Gasteiger partial charge on any atom is 0.185 e. The Hall–Kier alpha value is -1.14. The van der Waals surface area contributed by atoms with E-state index in [0.717, 1.165) is 36.2 Å². The van der Waals surface area contributed by atoms with Crippen LogP contribution in [0, 0.1) is 12.8 Å². The summed E-state index contributed by atoms with van der Waals surface area (Å²) in [6, 6.07) is 0. The molecule has 0 saturated carbocycles. The lowest BCUT2D eigenvalue weighted by Crippen LogP contribution is -2.24. The monoisotopic (exact) mass is 266 g/mol. The predicted octanol–water partition coefficient (Wildman–Crippen LogP) is 2.18. The molecule has 6 heteroatoms. The van der Waals surface area contributed by atoms with Crippen LogP contribution in [0.25, 0.3) is 10.3 Å². The van der Waals surface area contributed by atoms with Gasteiger partial charge in [-0.3, -0.25) is 0 Å². The van der Waals surface area contributed by atoms with E-state index in [4.69, 9.17) is 4.74 Å². The van der Waals surface area contributed by atoms with Gasteiger partial charge in [0.2, 0.25) is 0 Å². The SMILES string of the molecule is Cc1nn(C)c2nc(NC[C@H]3CCCOC3)sc12. The fourth-order valence-electron chi connectivity index (χ4n) is 2.36. The van der Waals surface area contributed by atoms with Gasteiger partial charge in [-0.05, 0) is 25.7 Å². The largest absolute Gasteiger partial charge is 0.381 e. The molecule has 0 unspecified atom stereocenters. The van der Waals surface area contributed by atoms with Gasteiger partial charge in [0, 0.05) is 20.2 Å². The van der Waals surface area contributed by atoms with Gasteiger partial charge < -0.3 is 10.1 Å². The zero-order chi connectivity index (χ0) is 12.5. The molecule has 2 aromatic rings. The third-order valence-electron chi connectivity index (χ3n) is 3.34. The van der Waals surface area contributed by atoms with E-state index in [1.165, 1.54) is 17.5 Å². The van der Waals surface area contributed by atoms with E-state index in [-0.39, 0.29) is 0 Å². The van der Waals surface area contributed by atoms with Crippen LogP contribution in [-0.4, -0.2) is 34.5 Å². The lowest BCUT2D eigenvalue weighted by atomic mass is 10.0. The number of ether oxygens (including phenoxy) is 1. The van der Waals surface area contributed by atoms with Crippen molar-refractivity contribution in [2.24, 2.45) is 13.0 Å². The van der Waals surface area contributed by atoms with Crippen molar-refractivity contribution in [3.05, 3.63) is 5.69 Å². The summed E-state index contributed by atoms with van der Waals surface area (Å²) in [7, 11) is 1.94. The van der Waals surface area contributed by atoms with Crippen molar-refractivity contribution in [1.82, 2.24) is 14.8 Å². The van der Waals surface area contributed by atoms with E-state index in [0.29, 0.717) is 5.92 Å². The standard InChI is InChI=1S/C12H18N4OS/c1-8-10-11(16(2)15-8)14-12(18-10)13-6-9-4-3-5-17-7-9/h9H,3-7H2,1-2H3,(H,13,14)/t9-/m1/s1. The van der Waals surface area contributed by atoms with Gasteiger partial charge in [0.05, 0.1) is 17.0 Å². The summed E-state index contributed by atoms with van der Waals surface area (Å²) in [5.74, 6) is 0.616. The Bertz CT molecular complexity index is 507. The molecule has 1 N–H and O–H groups in total. The maximum atomic E-state index is 5.48. The van der Waals surface area contributed by atoms with Crippen LogP contribution >= 0.6 is 11.3 Å². The van der Waals surface area contributed by atoms with E-state index in [1.54, 1.807) is 11.3 Å². The quantitative estimate of drug-likeness (QED) is 0.925. The minimum Gasteiger partial charge on any atom is -0.381 e. The molecule has 0 spiro atoms. The van der Waals surface area contributed by atoms with Gasteiger partial charge in [0.25, 0.3) is 0 Å². The highest BCUT2D eigenvalue weighted by Crippen LogP contribution is 2.28. The zero-order valence-corrected chi connectivity index (χ0v) is 11.6. The molecule has 3 rings (SSSR count). The van der Waals surface area contributed by atoms with Crippen molar-refractivity contribution in [2.75, 3.05) is 25.1 Å². The predicted molar refractivity (Wildman–Crippen MR) is 73.2 cm³/mol. The van der Waals surface area contributed by atoms with Gasteiger partial charge in [-0.2, -0.15) is 5.10 Å². The number of aryl methyl sites for hydroxylation is 2. The second kappa shape index (κ2) is 4.85. The first-order valence-electron chi connectivity index (χ1n) is 6.36. The molecular weight excluding hydrogens is 248 g/mol. The van der Waals surface area contributed by atoms with Gasteiger partial charge in [0.15, 0.2) is 10.8 Å². The average molecular weight is 266 g/mol. The Morgan fingerprint density at radius 1 is 1.56 bits per heavy atom. The molecule has 98 valence electrons. The first kappa shape index (κ1) is 11.9. The molecule has 0 amide bonds. The van der Waals surface area contributed by atoms with Gasteiger partial charge >= 0.3 is 0 Å². The number of fused-ring (bicyclic) bond motifs is 1. The highest BCUT2D eigenvalue weighted by atomic mass is 32.1. The number of hydrogen-bond donors (Lipinski definition) is 1. The summed E-state index contributed by atoms with van der Waals surface area (Å²) in [6.45, 7) is 4.77. The lowest BCUT2D eigenvalue weighted by Gasteiger charge is -2.21. The Kier molecular flexibility index (Phi) is 3.22. The van der Waals surface area contributed by atoms with Crippen molar-refractivity contribution in [2.45, 2.75) is 19.8 Å². The van der Waals surface area contributed by atoms with Crippen LogP contribution < -0.4 is 5.32 Å². The van der Waals surface area contributed by atoms with Crippen LogP contribution in [-0.2, 0) is 11.8 Å². The summed E-state index contributed by atoms with van der Waals surface area (Å²) in [5.41, 5.74) is 2.03. The number of nitrogens with zero attached hydrogens (tertiary/aromatic N) is 3. The van der Waals surface area contributed by atoms with Crippen LogP contribution in [0.5, 0.6) is 0 Å². The summed E-state index contributed by atoms with van der Waals surface area (Å²) in [6.07, 6.45) is 2.42. The fourth-order valence-corrected chi connectivity index (χ4v) is 3.30. The summed E-state index contributed by atoms with van der Waals surface area (Å²) >= 11 is 1.69. The van der Waals surface area contributed by atoms with Gasteiger partial charge in [-0.15, -0.1) is 0 Å². The van der Waals surface area contributed by atoms with Crippen molar-refractivity contribution < 1.29 is 4.74 Å². The average Bonchev–Trinajstić information content (AvgIpc) is 2.91. The number of rotatable bonds is 3.